The highest BCUT2D eigenvalue weighted by Crippen LogP contribution is 2.29. The Labute approximate surface area is 188 Å². The van der Waals surface area contributed by atoms with E-state index in [4.69, 9.17) is 16.3 Å². The van der Waals surface area contributed by atoms with Gasteiger partial charge in [-0.25, -0.2) is 16.8 Å². The minimum atomic E-state index is -3.89. The predicted molar refractivity (Wildman–Crippen MR) is 120 cm³/mol. The van der Waals surface area contributed by atoms with E-state index in [2.05, 4.69) is 25.4 Å². The van der Waals surface area contributed by atoms with Crippen LogP contribution in [0.3, 0.4) is 0 Å². The van der Waals surface area contributed by atoms with E-state index in [0.717, 1.165) is 0 Å². The highest BCUT2D eigenvalue weighted by molar-refractivity contribution is 9.10. The molecule has 0 saturated heterocycles. The molecule has 0 saturated carbocycles. The second-order valence-corrected chi connectivity index (χ2v) is 10.6. The average molecular weight is 532 g/mol. The number of nitrogens with one attached hydrogen (secondary N) is 2. The summed E-state index contributed by atoms with van der Waals surface area (Å²) in [6.07, 6.45) is 0. The fraction of sp³-hybridized carbons (Fsp3) is 0.0526. The van der Waals surface area contributed by atoms with Crippen molar-refractivity contribution in [1.29, 1.82) is 0 Å². The third-order valence-electron chi connectivity index (χ3n) is 3.97. The SMILES string of the molecule is COc1ccc(S(=O)(=O)Nc2ccc(S(=O)(=O)Nc3ccccc3Cl)cc2)cc1Br. The van der Waals surface area contributed by atoms with Crippen molar-refractivity contribution in [2.75, 3.05) is 16.6 Å². The van der Waals surface area contributed by atoms with Gasteiger partial charge in [-0.05, 0) is 70.5 Å². The zero-order chi connectivity index (χ0) is 21.9. The number of ether oxygens (including phenoxy) is 1. The van der Waals surface area contributed by atoms with Crippen molar-refractivity contribution in [3.8, 4) is 5.75 Å². The number of hydrogen-bond donors (Lipinski definition) is 2. The first-order chi connectivity index (χ1) is 14.1. The Morgan fingerprint density at radius 1 is 0.833 bits per heavy atom. The Kier molecular flexibility index (Phi) is 6.61. The average Bonchev–Trinajstić information content (AvgIpc) is 2.69. The summed E-state index contributed by atoms with van der Waals surface area (Å²) in [7, 11) is -6.30. The van der Waals surface area contributed by atoms with Crippen molar-refractivity contribution in [3.63, 3.8) is 0 Å². The topological polar surface area (TPSA) is 102 Å². The summed E-state index contributed by atoms with van der Waals surface area (Å²) in [5.41, 5.74) is 0.452. The maximum absolute atomic E-state index is 12.6. The Morgan fingerprint density at radius 2 is 1.43 bits per heavy atom. The van der Waals surface area contributed by atoms with E-state index in [1.165, 1.54) is 55.6 Å². The summed E-state index contributed by atoms with van der Waals surface area (Å²) in [6.45, 7) is 0. The number of halogens is 2. The van der Waals surface area contributed by atoms with E-state index in [1.54, 1.807) is 18.2 Å². The summed E-state index contributed by atoms with van der Waals surface area (Å²) >= 11 is 9.24. The molecule has 0 fully saturated rings. The van der Waals surface area contributed by atoms with Crippen LogP contribution in [0.2, 0.25) is 5.02 Å². The zero-order valence-electron chi connectivity index (χ0n) is 15.5. The maximum Gasteiger partial charge on any atom is 0.261 e. The summed E-state index contributed by atoms with van der Waals surface area (Å²) < 4.78 is 60.7. The van der Waals surface area contributed by atoms with Crippen molar-refractivity contribution in [3.05, 3.63) is 76.2 Å². The Balaban J connectivity index is 1.80. The number of para-hydroxylation sites is 1. The molecule has 11 heteroatoms. The number of anilines is 2. The molecule has 0 aliphatic heterocycles. The summed E-state index contributed by atoms with van der Waals surface area (Å²) in [6, 6.07) is 16.1. The molecule has 7 nitrogen and oxygen atoms in total. The van der Waals surface area contributed by atoms with Crippen LogP contribution in [0.4, 0.5) is 11.4 Å². The Morgan fingerprint density at radius 3 is 2.03 bits per heavy atom. The zero-order valence-corrected chi connectivity index (χ0v) is 19.4. The van der Waals surface area contributed by atoms with E-state index >= 15 is 0 Å². The van der Waals surface area contributed by atoms with E-state index in [1.807, 2.05) is 0 Å². The minimum absolute atomic E-state index is 0.0206. The normalized spacial score (nSPS) is 11.7. The molecular formula is C19H16BrClN2O5S2. The smallest absolute Gasteiger partial charge is 0.261 e. The van der Waals surface area contributed by atoms with Gasteiger partial charge in [-0.15, -0.1) is 0 Å². The van der Waals surface area contributed by atoms with E-state index < -0.39 is 20.0 Å². The molecule has 30 heavy (non-hydrogen) atoms. The van der Waals surface area contributed by atoms with Crippen LogP contribution in [0.15, 0.2) is 81.0 Å². The maximum atomic E-state index is 12.6. The van der Waals surface area contributed by atoms with Crippen LogP contribution in [-0.4, -0.2) is 23.9 Å². The number of rotatable bonds is 7. The minimum Gasteiger partial charge on any atom is -0.496 e. The van der Waals surface area contributed by atoms with Crippen molar-refractivity contribution < 1.29 is 21.6 Å². The molecule has 158 valence electrons. The number of benzene rings is 3. The molecule has 0 aliphatic rings. The van der Waals surface area contributed by atoms with Crippen LogP contribution in [0.25, 0.3) is 0 Å². The van der Waals surface area contributed by atoms with Gasteiger partial charge in [0, 0.05) is 5.69 Å². The van der Waals surface area contributed by atoms with Crippen LogP contribution in [0, 0.1) is 0 Å². The van der Waals surface area contributed by atoms with Crippen molar-refractivity contribution >= 4 is 59.0 Å². The Hall–Kier alpha value is -2.27. The van der Waals surface area contributed by atoms with Crippen LogP contribution < -0.4 is 14.2 Å². The number of sulfonamides is 2. The fourth-order valence-corrected chi connectivity index (χ4v) is 5.57. The van der Waals surface area contributed by atoms with Gasteiger partial charge in [-0.2, -0.15) is 0 Å². The van der Waals surface area contributed by atoms with Gasteiger partial charge in [-0.1, -0.05) is 23.7 Å². The molecule has 2 N–H and O–H groups in total. The molecule has 0 aliphatic carbocycles. The summed E-state index contributed by atoms with van der Waals surface area (Å²) in [4.78, 5) is -0.0233. The third kappa shape index (κ3) is 5.07. The lowest BCUT2D eigenvalue weighted by Crippen LogP contribution is -2.15. The monoisotopic (exact) mass is 530 g/mol. The van der Waals surface area contributed by atoms with Crippen LogP contribution in [-0.2, 0) is 20.0 Å². The molecule has 0 radical (unpaired) electrons. The Bertz CT molecular complexity index is 1280. The molecule has 3 aromatic rings. The largest absolute Gasteiger partial charge is 0.496 e. The van der Waals surface area contributed by atoms with E-state index in [0.29, 0.717) is 10.2 Å². The van der Waals surface area contributed by atoms with E-state index in [-0.39, 0.29) is 26.2 Å². The molecule has 0 heterocycles. The molecule has 0 atom stereocenters. The van der Waals surface area contributed by atoms with Crippen LogP contribution in [0.5, 0.6) is 5.75 Å². The predicted octanol–water partition coefficient (Wildman–Crippen LogP) is 4.71. The van der Waals surface area contributed by atoms with Gasteiger partial charge in [0.1, 0.15) is 5.75 Å². The fourth-order valence-electron chi connectivity index (χ4n) is 2.48. The van der Waals surface area contributed by atoms with Crippen molar-refractivity contribution in [1.82, 2.24) is 0 Å². The molecular weight excluding hydrogens is 516 g/mol. The van der Waals surface area contributed by atoms with Crippen LogP contribution in [0.1, 0.15) is 0 Å². The first-order valence-electron chi connectivity index (χ1n) is 8.36. The van der Waals surface area contributed by atoms with Crippen molar-refractivity contribution in [2.24, 2.45) is 0 Å². The van der Waals surface area contributed by atoms with Crippen molar-refractivity contribution in [2.45, 2.75) is 9.79 Å². The number of hydrogen-bond acceptors (Lipinski definition) is 5. The quantitative estimate of drug-likeness (QED) is 0.460. The first kappa shape index (κ1) is 22.4. The molecule has 0 unspecified atom stereocenters. The van der Waals surface area contributed by atoms with Gasteiger partial charge in [0.2, 0.25) is 0 Å². The van der Waals surface area contributed by atoms with Gasteiger partial charge in [0.05, 0.1) is 32.1 Å². The lowest BCUT2D eigenvalue weighted by Gasteiger charge is -2.12. The standard InChI is InChI=1S/C19H16BrClN2O5S2/c1-28-19-11-10-15(12-16(19)20)30(26,27)22-13-6-8-14(9-7-13)29(24,25)23-18-5-3-2-4-17(18)21/h2-12,22-23H,1H3. The molecule has 0 bridgehead atoms. The van der Waals surface area contributed by atoms with Gasteiger partial charge in [-0.3, -0.25) is 9.44 Å². The second kappa shape index (κ2) is 8.84. The van der Waals surface area contributed by atoms with Gasteiger partial charge < -0.3 is 4.74 Å². The van der Waals surface area contributed by atoms with Gasteiger partial charge in [0.15, 0.2) is 0 Å². The van der Waals surface area contributed by atoms with Gasteiger partial charge >= 0.3 is 0 Å². The van der Waals surface area contributed by atoms with E-state index in [9.17, 15) is 16.8 Å². The highest BCUT2D eigenvalue weighted by atomic mass is 79.9. The molecule has 0 spiro atoms. The lowest BCUT2D eigenvalue weighted by atomic mass is 10.3. The second-order valence-electron chi connectivity index (χ2n) is 6.01. The summed E-state index contributed by atoms with van der Waals surface area (Å²) in [5.74, 6) is 0.495. The molecule has 0 aromatic heterocycles. The molecule has 3 rings (SSSR count). The molecule has 3 aromatic carbocycles. The summed E-state index contributed by atoms with van der Waals surface area (Å²) in [5, 5.41) is 0.260. The van der Waals surface area contributed by atoms with Gasteiger partial charge in [0.25, 0.3) is 20.0 Å². The first-order valence-corrected chi connectivity index (χ1v) is 12.5. The molecule has 0 amide bonds. The van der Waals surface area contributed by atoms with Crippen LogP contribution >= 0.6 is 27.5 Å². The lowest BCUT2D eigenvalue weighted by molar-refractivity contribution is 0.411. The highest BCUT2D eigenvalue weighted by Gasteiger charge is 2.18. The third-order valence-corrected chi connectivity index (χ3v) is 7.68. The number of methoxy groups -OCH3 is 1.